The van der Waals surface area contributed by atoms with E-state index in [-0.39, 0.29) is 35.7 Å². The van der Waals surface area contributed by atoms with Gasteiger partial charge in [-0.15, -0.1) is 138 Å². The number of halogens is 2. The van der Waals surface area contributed by atoms with Gasteiger partial charge in [-0.05, 0) is 96.5 Å². The van der Waals surface area contributed by atoms with Crippen LogP contribution in [-0.4, -0.2) is 10.9 Å². The Morgan fingerprint density at radius 1 is 0.338 bits per heavy atom. The fourth-order valence-corrected chi connectivity index (χ4v) is 8.59. The van der Waals surface area contributed by atoms with E-state index in [1.807, 2.05) is 48.5 Å². The molecular formula is C64H64Cl2O4Si2Zr2-2. The average molecular weight is 1210 g/mol. The van der Waals surface area contributed by atoms with E-state index >= 15 is 0 Å². The molecule has 0 spiro atoms. The van der Waals surface area contributed by atoms with Gasteiger partial charge in [0.15, 0.2) is 0 Å². The number of benzene rings is 4. The average Bonchev–Trinajstić information content (AvgIpc) is 4.24. The quantitative estimate of drug-likeness (QED) is 0.112. The van der Waals surface area contributed by atoms with Crippen molar-refractivity contribution in [1.82, 2.24) is 0 Å². The summed E-state index contributed by atoms with van der Waals surface area (Å²) in [5, 5.41) is 10.3. The van der Waals surface area contributed by atoms with E-state index < -0.39 is 0 Å². The van der Waals surface area contributed by atoms with Crippen LogP contribution in [0.15, 0.2) is 213 Å². The van der Waals surface area contributed by atoms with E-state index in [4.69, 9.17) is 17.7 Å². The van der Waals surface area contributed by atoms with Gasteiger partial charge in [-0.25, -0.2) is 0 Å². The molecule has 12 rings (SSSR count). The first-order chi connectivity index (χ1) is 35.0. The van der Waals surface area contributed by atoms with Crippen LogP contribution in [0.5, 0.6) is 0 Å². The summed E-state index contributed by atoms with van der Waals surface area (Å²) in [4.78, 5) is 0. The van der Waals surface area contributed by atoms with Crippen molar-refractivity contribution in [3.63, 3.8) is 0 Å². The maximum atomic E-state index is 5.47. The van der Waals surface area contributed by atoms with Gasteiger partial charge in [0.05, 0.1) is 25.1 Å². The Hall–Kier alpha value is -4.78. The molecule has 10 heteroatoms. The Labute approximate surface area is 480 Å². The molecule has 0 N–H and O–H groups in total. The number of fused-ring (bicyclic) bond motifs is 4. The minimum atomic E-state index is 0. The maximum Gasteiger partial charge on any atom is -1.00 e. The van der Waals surface area contributed by atoms with Crippen molar-refractivity contribution in [3.05, 3.63) is 217 Å². The van der Waals surface area contributed by atoms with Gasteiger partial charge in [-0.3, -0.25) is 0 Å². The second kappa shape index (κ2) is 30.1. The summed E-state index contributed by atoms with van der Waals surface area (Å²) in [7, 11) is 0. The zero-order valence-electron chi connectivity index (χ0n) is 43.7. The van der Waals surface area contributed by atoms with Crippen LogP contribution in [-0.2, 0) is 72.4 Å². The first kappa shape index (κ1) is 60.1. The largest absolute Gasteiger partial charge is 1.00 e. The van der Waals surface area contributed by atoms with Crippen LogP contribution in [0.4, 0.5) is 0 Å². The normalized spacial score (nSPS) is 10.3. The zero-order chi connectivity index (χ0) is 51.0. The van der Waals surface area contributed by atoms with Crippen molar-refractivity contribution in [2.45, 2.75) is 79.6 Å². The molecule has 0 bridgehead atoms. The molecule has 8 aromatic carbocycles. The molecule has 0 radical (unpaired) electrons. The Morgan fingerprint density at radius 2 is 0.541 bits per heavy atom. The minimum Gasteiger partial charge on any atom is -1.00 e. The summed E-state index contributed by atoms with van der Waals surface area (Å²) in [5.41, 5.74) is 10.7. The Balaban J connectivity index is 0.000000173. The van der Waals surface area contributed by atoms with Crippen molar-refractivity contribution < 1.29 is 89.2 Å². The van der Waals surface area contributed by atoms with Crippen LogP contribution in [0.2, 0.25) is 26.2 Å². The SMILES string of the molecule is CCc1cc2c(-c3ccco3)cccc2[cH-]1.CCc1cc2c(-c3ccco3)cccc2[cH-]1.CCc1cc2c(-c3ccco3)cccc2[cH-]1.CCc1cc2c(-c3ccco3)cccc2[cH-]1.C[Si](C)=[Zr+2].C[Si](C)=[Zr+2].[Cl-].[Cl-]. The van der Waals surface area contributed by atoms with E-state index in [9.17, 15) is 0 Å². The number of hydrogen-bond donors (Lipinski definition) is 0. The predicted molar refractivity (Wildman–Crippen MR) is 301 cm³/mol. The van der Waals surface area contributed by atoms with Gasteiger partial charge in [-0.2, -0.15) is 24.3 Å². The van der Waals surface area contributed by atoms with Gasteiger partial charge in [0.25, 0.3) is 0 Å². The van der Waals surface area contributed by atoms with Crippen molar-refractivity contribution in [2.24, 2.45) is 0 Å². The van der Waals surface area contributed by atoms with Crippen LogP contribution < -0.4 is 24.8 Å². The molecule has 4 heterocycles. The second-order valence-electron chi connectivity index (χ2n) is 18.0. The molecule has 0 fully saturated rings. The summed E-state index contributed by atoms with van der Waals surface area (Å²) < 4.78 is 21.9. The molecule has 4 nitrogen and oxygen atoms in total. The van der Waals surface area contributed by atoms with Crippen LogP contribution in [0.1, 0.15) is 49.9 Å². The molecule has 12 aromatic rings. The molecule has 0 amide bonds. The third-order valence-corrected chi connectivity index (χ3v) is 12.0. The smallest absolute Gasteiger partial charge is 1.00 e. The molecular weight excluding hydrogens is 1140 g/mol. The first-order valence-electron chi connectivity index (χ1n) is 24.9. The third-order valence-electron chi connectivity index (χ3n) is 12.0. The standard InChI is InChI=1S/4C15H13O.2C2H6Si.2ClH.2Zr/c4*1-2-11-9-12-5-3-6-13(14(12)10-11)15-7-4-8-16-15;2*1-3-2;;;;/h4*3-10H,2H2,1H3;2*1-2H3;2*1H;;/q4*-1;;;;;2*+2/p-2. The van der Waals surface area contributed by atoms with Gasteiger partial charge in [0, 0.05) is 0 Å². The fraction of sp³-hybridized carbons (Fsp3) is 0.188. The minimum absolute atomic E-state index is 0. The van der Waals surface area contributed by atoms with Crippen molar-refractivity contribution in [2.75, 3.05) is 0 Å². The van der Waals surface area contributed by atoms with Crippen LogP contribution in [0, 0.1) is 0 Å². The Kier molecular flexibility index (Phi) is 24.4. The predicted octanol–water partition coefficient (Wildman–Crippen LogP) is 13.1. The van der Waals surface area contributed by atoms with E-state index in [2.05, 4.69) is 175 Å². The molecule has 74 heavy (non-hydrogen) atoms. The molecule has 0 saturated heterocycles. The van der Waals surface area contributed by atoms with E-state index in [1.54, 1.807) is 71.7 Å². The Bertz CT molecular complexity index is 3080. The van der Waals surface area contributed by atoms with Gasteiger partial charge in [0.1, 0.15) is 23.0 Å². The van der Waals surface area contributed by atoms with Gasteiger partial charge < -0.3 is 42.5 Å². The topological polar surface area (TPSA) is 52.6 Å². The van der Waals surface area contributed by atoms with Crippen molar-refractivity contribution in [1.29, 1.82) is 0 Å². The number of aryl methyl sites for hydroxylation is 4. The maximum absolute atomic E-state index is 5.47. The van der Waals surface area contributed by atoms with Crippen LogP contribution in [0.3, 0.4) is 0 Å². The van der Waals surface area contributed by atoms with E-state index in [0.717, 1.165) is 48.7 Å². The number of hydrogen-bond acceptors (Lipinski definition) is 4. The molecule has 4 aromatic heterocycles. The molecule has 0 atom stereocenters. The summed E-state index contributed by atoms with van der Waals surface area (Å²) in [5.74, 6) is 3.77. The summed E-state index contributed by atoms with van der Waals surface area (Å²) in [6, 6.07) is 59.2. The molecule has 376 valence electrons. The van der Waals surface area contributed by atoms with E-state index in [0.29, 0.717) is 0 Å². The summed E-state index contributed by atoms with van der Waals surface area (Å²) in [6.45, 7) is 18.0. The van der Waals surface area contributed by atoms with Crippen LogP contribution in [0.25, 0.3) is 88.4 Å². The summed E-state index contributed by atoms with van der Waals surface area (Å²) in [6.07, 6.45) is 11.2. The molecule has 0 saturated carbocycles. The molecule has 0 aliphatic carbocycles. The van der Waals surface area contributed by atoms with Crippen LogP contribution >= 0.6 is 0 Å². The van der Waals surface area contributed by atoms with Crippen molar-refractivity contribution >= 4 is 54.0 Å². The van der Waals surface area contributed by atoms with Crippen molar-refractivity contribution in [3.8, 4) is 45.3 Å². The van der Waals surface area contributed by atoms with Gasteiger partial charge >= 0.3 is 83.7 Å². The number of furan rings is 4. The molecule has 0 unspecified atom stereocenters. The summed E-state index contributed by atoms with van der Waals surface area (Å²) >= 11 is 3.48. The monoisotopic (exact) mass is 1200 g/mol. The van der Waals surface area contributed by atoms with E-state index in [1.165, 1.54) is 87.6 Å². The van der Waals surface area contributed by atoms with Gasteiger partial charge in [-0.1, -0.05) is 52.0 Å². The fourth-order valence-electron chi connectivity index (χ4n) is 8.59. The first-order valence-corrected chi connectivity index (χ1v) is 37.3. The molecule has 0 aliphatic rings. The zero-order valence-corrected chi connectivity index (χ0v) is 52.1. The third kappa shape index (κ3) is 16.1. The second-order valence-corrected chi connectivity index (χ2v) is 36.8. The van der Waals surface area contributed by atoms with Gasteiger partial charge in [0.2, 0.25) is 0 Å². The number of rotatable bonds is 8. The Morgan fingerprint density at radius 3 is 0.703 bits per heavy atom. The molecule has 0 aliphatic heterocycles.